The molecule has 0 saturated carbocycles. The Kier molecular flexibility index (Phi) is 7.14. The average molecular weight is 702 g/mol. The van der Waals surface area contributed by atoms with Crippen LogP contribution in [0.3, 0.4) is 0 Å². The Hall–Kier alpha value is -7.43. The highest BCUT2D eigenvalue weighted by atomic mass is 16.3. The lowest BCUT2D eigenvalue weighted by atomic mass is 9.92. The van der Waals surface area contributed by atoms with Crippen molar-refractivity contribution in [2.45, 2.75) is 0 Å². The molecule has 9 aromatic carbocycles. The van der Waals surface area contributed by atoms with Crippen LogP contribution in [0.5, 0.6) is 0 Å². The first-order chi connectivity index (χ1) is 27.2. The van der Waals surface area contributed by atoms with Crippen LogP contribution < -0.4 is 0 Å². The zero-order chi connectivity index (χ0) is 36.3. The number of aromatic nitrogens is 3. The van der Waals surface area contributed by atoms with Crippen molar-refractivity contribution in [3.63, 3.8) is 0 Å². The molecule has 2 heterocycles. The van der Waals surface area contributed by atoms with Gasteiger partial charge in [0.15, 0.2) is 17.5 Å². The van der Waals surface area contributed by atoms with Crippen molar-refractivity contribution >= 4 is 54.3 Å². The molecule has 11 rings (SSSR count). The average Bonchev–Trinajstić information content (AvgIpc) is 3.65. The highest BCUT2D eigenvalue weighted by Gasteiger charge is 2.19. The number of nitrogens with zero attached hydrogens (tertiary/aromatic N) is 3. The van der Waals surface area contributed by atoms with Crippen molar-refractivity contribution in [2.24, 2.45) is 0 Å². The van der Waals surface area contributed by atoms with Crippen molar-refractivity contribution in [1.29, 1.82) is 0 Å². The summed E-state index contributed by atoms with van der Waals surface area (Å²) in [6.45, 7) is 0. The van der Waals surface area contributed by atoms with Gasteiger partial charge < -0.3 is 4.42 Å². The largest absolute Gasteiger partial charge is 0.456 e. The van der Waals surface area contributed by atoms with E-state index in [1.807, 2.05) is 36.4 Å². The Morgan fingerprint density at radius 3 is 1.71 bits per heavy atom. The summed E-state index contributed by atoms with van der Waals surface area (Å²) in [6, 6.07) is 65.8. The Bertz CT molecular complexity index is 3270. The van der Waals surface area contributed by atoms with Crippen LogP contribution in [0, 0.1) is 0 Å². The molecule has 0 unspecified atom stereocenters. The third-order valence-corrected chi connectivity index (χ3v) is 10.7. The first-order valence-corrected chi connectivity index (χ1v) is 18.5. The van der Waals surface area contributed by atoms with Gasteiger partial charge in [0.25, 0.3) is 0 Å². The SMILES string of the molecule is c1ccc(-c2cccc(-c3nc(-c4cccc(-c5cccc6c5ccc5ccc7ccccc7c56)c4)nc(-c4cccc5oc6ccccc6c45)n3)c2)cc1. The van der Waals surface area contributed by atoms with Crippen LogP contribution in [-0.4, -0.2) is 15.0 Å². The topological polar surface area (TPSA) is 51.8 Å². The van der Waals surface area contributed by atoms with Gasteiger partial charge in [-0.25, -0.2) is 15.0 Å². The monoisotopic (exact) mass is 701 g/mol. The van der Waals surface area contributed by atoms with Crippen molar-refractivity contribution in [3.8, 4) is 56.4 Å². The number of benzene rings is 9. The summed E-state index contributed by atoms with van der Waals surface area (Å²) in [4.78, 5) is 15.6. The molecular formula is C51H31N3O. The minimum absolute atomic E-state index is 0.594. The Labute approximate surface area is 317 Å². The molecule has 4 nitrogen and oxygen atoms in total. The zero-order valence-electron chi connectivity index (χ0n) is 29.6. The first-order valence-electron chi connectivity index (χ1n) is 18.5. The molecule has 0 fully saturated rings. The lowest BCUT2D eigenvalue weighted by Gasteiger charge is -2.13. The summed E-state index contributed by atoms with van der Waals surface area (Å²) < 4.78 is 6.29. The van der Waals surface area contributed by atoms with E-state index >= 15 is 0 Å². The van der Waals surface area contributed by atoms with Crippen LogP contribution in [0.15, 0.2) is 192 Å². The molecular weight excluding hydrogens is 671 g/mol. The smallest absolute Gasteiger partial charge is 0.164 e. The lowest BCUT2D eigenvalue weighted by molar-refractivity contribution is 0.669. The zero-order valence-corrected chi connectivity index (χ0v) is 29.6. The summed E-state index contributed by atoms with van der Waals surface area (Å²) in [6.07, 6.45) is 0. The third kappa shape index (κ3) is 5.26. The fraction of sp³-hybridized carbons (Fsp3) is 0. The van der Waals surface area contributed by atoms with Gasteiger partial charge >= 0.3 is 0 Å². The molecule has 0 amide bonds. The van der Waals surface area contributed by atoms with Gasteiger partial charge in [-0.3, -0.25) is 0 Å². The number of furan rings is 1. The number of para-hydroxylation sites is 1. The predicted molar refractivity (Wildman–Crippen MR) is 227 cm³/mol. The maximum atomic E-state index is 6.29. The fourth-order valence-corrected chi connectivity index (χ4v) is 8.13. The maximum Gasteiger partial charge on any atom is 0.164 e. The van der Waals surface area contributed by atoms with Gasteiger partial charge in [0.2, 0.25) is 0 Å². The molecule has 0 radical (unpaired) electrons. The second-order valence-electron chi connectivity index (χ2n) is 14.0. The molecule has 0 atom stereocenters. The van der Waals surface area contributed by atoms with Gasteiger partial charge in [-0.05, 0) is 78.8 Å². The molecule has 55 heavy (non-hydrogen) atoms. The summed E-state index contributed by atoms with van der Waals surface area (Å²) in [5.74, 6) is 1.81. The van der Waals surface area contributed by atoms with E-state index in [0.717, 1.165) is 60.9 Å². The highest BCUT2D eigenvalue weighted by molar-refractivity contribution is 6.22. The second kappa shape index (κ2) is 12.6. The van der Waals surface area contributed by atoms with E-state index in [9.17, 15) is 0 Å². The number of hydrogen-bond donors (Lipinski definition) is 0. The van der Waals surface area contributed by atoms with Gasteiger partial charge in [-0.2, -0.15) is 0 Å². The van der Waals surface area contributed by atoms with E-state index in [1.165, 1.54) is 32.3 Å². The van der Waals surface area contributed by atoms with Crippen molar-refractivity contribution in [3.05, 3.63) is 188 Å². The van der Waals surface area contributed by atoms with Crippen LogP contribution in [0.25, 0.3) is 111 Å². The Balaban J connectivity index is 1.11. The van der Waals surface area contributed by atoms with Crippen LogP contribution in [-0.2, 0) is 0 Å². The van der Waals surface area contributed by atoms with Crippen LogP contribution >= 0.6 is 0 Å². The molecule has 4 heteroatoms. The molecule has 2 aromatic heterocycles. The van der Waals surface area contributed by atoms with Gasteiger partial charge in [0.05, 0.1) is 0 Å². The summed E-state index contributed by atoms with van der Waals surface area (Å²) in [5, 5.41) is 9.48. The van der Waals surface area contributed by atoms with Gasteiger partial charge in [-0.15, -0.1) is 0 Å². The number of fused-ring (bicyclic) bond motifs is 8. The molecule has 0 bridgehead atoms. The van der Waals surface area contributed by atoms with Gasteiger partial charge in [0, 0.05) is 27.5 Å². The van der Waals surface area contributed by atoms with E-state index < -0.39 is 0 Å². The molecule has 0 N–H and O–H groups in total. The third-order valence-electron chi connectivity index (χ3n) is 10.7. The Morgan fingerprint density at radius 2 is 0.855 bits per heavy atom. The molecule has 0 aliphatic carbocycles. The minimum Gasteiger partial charge on any atom is -0.456 e. The molecule has 0 saturated heterocycles. The normalized spacial score (nSPS) is 11.6. The van der Waals surface area contributed by atoms with Gasteiger partial charge in [0.1, 0.15) is 11.2 Å². The summed E-state index contributed by atoms with van der Waals surface area (Å²) >= 11 is 0. The van der Waals surface area contributed by atoms with Gasteiger partial charge in [-0.1, -0.05) is 164 Å². The van der Waals surface area contributed by atoms with Crippen molar-refractivity contribution in [2.75, 3.05) is 0 Å². The number of rotatable bonds is 5. The number of hydrogen-bond acceptors (Lipinski definition) is 4. The molecule has 0 aliphatic heterocycles. The fourth-order valence-electron chi connectivity index (χ4n) is 8.13. The van der Waals surface area contributed by atoms with Crippen LogP contribution in [0.1, 0.15) is 0 Å². The second-order valence-corrected chi connectivity index (χ2v) is 14.0. The van der Waals surface area contributed by atoms with Crippen LogP contribution in [0.4, 0.5) is 0 Å². The predicted octanol–water partition coefficient (Wildman–Crippen LogP) is 13.6. The summed E-state index contributed by atoms with van der Waals surface area (Å²) in [7, 11) is 0. The van der Waals surface area contributed by atoms with Crippen LogP contribution in [0.2, 0.25) is 0 Å². The summed E-state index contributed by atoms with van der Waals surface area (Å²) in [5.41, 5.74) is 8.85. The van der Waals surface area contributed by atoms with E-state index in [4.69, 9.17) is 19.4 Å². The highest BCUT2D eigenvalue weighted by Crippen LogP contribution is 2.39. The van der Waals surface area contributed by atoms with E-state index in [1.54, 1.807) is 0 Å². The van der Waals surface area contributed by atoms with E-state index in [2.05, 4.69) is 152 Å². The van der Waals surface area contributed by atoms with Crippen molar-refractivity contribution < 1.29 is 4.42 Å². The molecule has 0 aliphatic rings. The maximum absolute atomic E-state index is 6.29. The minimum atomic E-state index is 0.594. The molecule has 256 valence electrons. The lowest BCUT2D eigenvalue weighted by Crippen LogP contribution is -2.00. The molecule has 11 aromatic rings. The first kappa shape index (κ1) is 31.1. The Morgan fingerprint density at radius 1 is 0.291 bits per heavy atom. The van der Waals surface area contributed by atoms with Crippen molar-refractivity contribution in [1.82, 2.24) is 15.0 Å². The standard InChI is InChI=1S/C51H31N3O/c1-2-12-32(13-3-1)35-15-8-17-37(30-35)49-52-50(54-51(53-49)44-23-11-25-46-48(44)43-20-6-7-24-45(43)55-46)38-18-9-16-36(31-38)39-21-10-22-42-41(39)29-28-34-27-26-33-14-4-5-19-40(33)47(34)42/h1-31H. The van der Waals surface area contributed by atoms with E-state index in [-0.39, 0.29) is 0 Å². The molecule has 0 spiro atoms. The quantitative estimate of drug-likeness (QED) is 0.168. The van der Waals surface area contributed by atoms with E-state index in [0.29, 0.717) is 17.5 Å².